The summed E-state index contributed by atoms with van der Waals surface area (Å²) in [5.41, 5.74) is 0.497. The van der Waals surface area contributed by atoms with Gasteiger partial charge in [-0.3, -0.25) is 4.79 Å². The van der Waals surface area contributed by atoms with Crippen LogP contribution in [0.5, 0.6) is 5.75 Å². The fourth-order valence-electron chi connectivity index (χ4n) is 2.18. The van der Waals surface area contributed by atoms with E-state index in [0.29, 0.717) is 12.4 Å². The summed E-state index contributed by atoms with van der Waals surface area (Å²) in [5.74, 6) is -0.635. The zero-order chi connectivity index (χ0) is 20.7. The zero-order valence-electron chi connectivity index (χ0n) is 15.5. The SMILES string of the molecule is CCCOc1ccc(C(=O)O[C@@H](C)C(=O)Nc2cccc(S(N)(=O)=O)c2)cc1. The number of carbonyl (C=O) groups is 2. The predicted octanol–water partition coefficient (Wildman–Crippen LogP) is 2.31. The molecule has 3 N–H and O–H groups in total. The lowest BCUT2D eigenvalue weighted by molar-refractivity contribution is -0.123. The van der Waals surface area contributed by atoms with Crippen molar-refractivity contribution in [1.82, 2.24) is 0 Å². The van der Waals surface area contributed by atoms with Crippen molar-refractivity contribution in [2.75, 3.05) is 11.9 Å². The molecular formula is C19H22N2O6S. The molecule has 0 unspecified atom stereocenters. The molecule has 0 saturated heterocycles. The molecule has 0 aromatic heterocycles. The molecule has 0 aliphatic heterocycles. The van der Waals surface area contributed by atoms with Crippen LogP contribution in [0.15, 0.2) is 53.4 Å². The van der Waals surface area contributed by atoms with Gasteiger partial charge in [0.25, 0.3) is 5.91 Å². The first-order valence-corrected chi connectivity index (χ1v) is 10.1. The molecule has 2 rings (SSSR count). The van der Waals surface area contributed by atoms with Gasteiger partial charge in [0.05, 0.1) is 17.1 Å². The van der Waals surface area contributed by atoms with Gasteiger partial charge in [-0.2, -0.15) is 0 Å². The van der Waals surface area contributed by atoms with E-state index in [0.717, 1.165) is 6.42 Å². The number of primary sulfonamides is 1. The third kappa shape index (κ3) is 6.07. The van der Waals surface area contributed by atoms with Crippen molar-refractivity contribution in [3.8, 4) is 5.75 Å². The minimum absolute atomic E-state index is 0.139. The van der Waals surface area contributed by atoms with Crippen molar-refractivity contribution in [2.24, 2.45) is 5.14 Å². The number of nitrogens with two attached hydrogens (primary N) is 1. The van der Waals surface area contributed by atoms with Crippen LogP contribution in [0, 0.1) is 0 Å². The first kappa shape index (κ1) is 21.4. The van der Waals surface area contributed by atoms with Crippen molar-refractivity contribution < 1.29 is 27.5 Å². The minimum atomic E-state index is -3.89. The maximum atomic E-state index is 12.2. The van der Waals surface area contributed by atoms with E-state index in [2.05, 4.69) is 5.32 Å². The van der Waals surface area contributed by atoms with Crippen LogP contribution < -0.4 is 15.2 Å². The third-order valence-electron chi connectivity index (χ3n) is 3.65. The van der Waals surface area contributed by atoms with E-state index in [4.69, 9.17) is 14.6 Å². The van der Waals surface area contributed by atoms with Gasteiger partial charge in [-0.25, -0.2) is 18.4 Å². The molecule has 0 radical (unpaired) electrons. The maximum Gasteiger partial charge on any atom is 0.338 e. The largest absolute Gasteiger partial charge is 0.494 e. The Hall–Kier alpha value is -2.91. The lowest BCUT2D eigenvalue weighted by atomic mass is 10.2. The highest BCUT2D eigenvalue weighted by Crippen LogP contribution is 2.16. The third-order valence-corrected chi connectivity index (χ3v) is 4.56. The fourth-order valence-corrected chi connectivity index (χ4v) is 2.74. The number of carbonyl (C=O) groups excluding carboxylic acids is 2. The highest BCUT2D eigenvalue weighted by Gasteiger charge is 2.19. The smallest absolute Gasteiger partial charge is 0.338 e. The summed E-state index contributed by atoms with van der Waals surface area (Å²) in [7, 11) is -3.89. The Kier molecular flexibility index (Phi) is 7.13. The Morgan fingerprint density at radius 2 is 1.82 bits per heavy atom. The number of benzene rings is 2. The van der Waals surface area contributed by atoms with Crippen molar-refractivity contribution in [3.05, 3.63) is 54.1 Å². The second-order valence-corrected chi connectivity index (χ2v) is 7.54. The summed E-state index contributed by atoms with van der Waals surface area (Å²) in [6.45, 7) is 3.98. The van der Waals surface area contributed by atoms with Gasteiger partial charge in [0.1, 0.15) is 5.75 Å². The van der Waals surface area contributed by atoms with E-state index < -0.39 is 28.0 Å². The van der Waals surface area contributed by atoms with Crippen LogP contribution in [-0.4, -0.2) is 33.0 Å². The molecule has 150 valence electrons. The van der Waals surface area contributed by atoms with E-state index in [1.165, 1.54) is 31.2 Å². The number of rotatable bonds is 8. The van der Waals surface area contributed by atoms with Crippen LogP contribution in [0.2, 0.25) is 0 Å². The zero-order valence-corrected chi connectivity index (χ0v) is 16.4. The normalized spacial score (nSPS) is 12.1. The Balaban J connectivity index is 1.97. The molecule has 0 saturated carbocycles. The monoisotopic (exact) mass is 406 g/mol. The molecule has 0 fully saturated rings. The summed E-state index contributed by atoms with van der Waals surface area (Å²) in [4.78, 5) is 24.3. The number of amides is 1. The second kappa shape index (κ2) is 9.34. The molecule has 8 nitrogen and oxygen atoms in total. The summed E-state index contributed by atoms with van der Waals surface area (Å²) < 4.78 is 33.3. The topological polar surface area (TPSA) is 125 Å². The van der Waals surface area contributed by atoms with Gasteiger partial charge < -0.3 is 14.8 Å². The molecule has 0 aliphatic rings. The summed E-state index contributed by atoms with van der Waals surface area (Å²) in [6.07, 6.45) is -0.224. The Morgan fingerprint density at radius 1 is 1.14 bits per heavy atom. The summed E-state index contributed by atoms with van der Waals surface area (Å²) >= 11 is 0. The quantitative estimate of drug-likeness (QED) is 0.648. The maximum absolute atomic E-state index is 12.2. The molecule has 0 bridgehead atoms. The molecule has 0 aliphatic carbocycles. The van der Waals surface area contributed by atoms with E-state index >= 15 is 0 Å². The van der Waals surface area contributed by atoms with Gasteiger partial charge in [-0.05, 0) is 55.8 Å². The molecule has 2 aromatic carbocycles. The molecule has 1 atom stereocenters. The number of hydrogen-bond acceptors (Lipinski definition) is 6. The van der Waals surface area contributed by atoms with Crippen LogP contribution in [0.1, 0.15) is 30.6 Å². The van der Waals surface area contributed by atoms with Gasteiger partial charge in [-0.1, -0.05) is 13.0 Å². The Morgan fingerprint density at radius 3 is 2.43 bits per heavy atom. The molecule has 9 heteroatoms. The standard InChI is InChI=1S/C19H22N2O6S/c1-3-11-26-16-9-7-14(8-10-16)19(23)27-13(2)18(22)21-15-5-4-6-17(12-15)28(20,24)25/h4-10,12-13H,3,11H2,1-2H3,(H,21,22)(H2,20,24,25)/t13-/m0/s1. The van der Waals surface area contributed by atoms with Crippen LogP contribution >= 0.6 is 0 Å². The molecule has 28 heavy (non-hydrogen) atoms. The highest BCUT2D eigenvalue weighted by molar-refractivity contribution is 7.89. The van der Waals surface area contributed by atoms with Crippen LogP contribution in [0.4, 0.5) is 5.69 Å². The lowest BCUT2D eigenvalue weighted by Gasteiger charge is -2.14. The summed E-state index contributed by atoms with van der Waals surface area (Å²) in [5, 5.41) is 7.55. The number of esters is 1. The van der Waals surface area contributed by atoms with Crippen molar-refractivity contribution >= 4 is 27.6 Å². The second-order valence-electron chi connectivity index (χ2n) is 5.98. The van der Waals surface area contributed by atoms with E-state index in [1.807, 2.05) is 6.92 Å². The predicted molar refractivity (Wildman–Crippen MR) is 104 cm³/mol. The van der Waals surface area contributed by atoms with Gasteiger partial charge in [-0.15, -0.1) is 0 Å². The Labute approximate surface area is 163 Å². The number of nitrogens with one attached hydrogen (secondary N) is 1. The number of sulfonamides is 1. The van der Waals surface area contributed by atoms with E-state index in [-0.39, 0.29) is 16.1 Å². The number of hydrogen-bond donors (Lipinski definition) is 2. The fraction of sp³-hybridized carbons (Fsp3) is 0.263. The highest BCUT2D eigenvalue weighted by atomic mass is 32.2. The van der Waals surface area contributed by atoms with E-state index in [1.54, 1.807) is 24.3 Å². The number of anilines is 1. The van der Waals surface area contributed by atoms with Gasteiger partial charge >= 0.3 is 5.97 Å². The van der Waals surface area contributed by atoms with Crippen molar-refractivity contribution in [1.29, 1.82) is 0 Å². The van der Waals surface area contributed by atoms with E-state index in [9.17, 15) is 18.0 Å². The first-order valence-electron chi connectivity index (χ1n) is 8.58. The van der Waals surface area contributed by atoms with Gasteiger partial charge in [0, 0.05) is 5.69 Å². The number of ether oxygens (including phenoxy) is 2. The van der Waals surface area contributed by atoms with Crippen molar-refractivity contribution in [3.63, 3.8) is 0 Å². The molecular weight excluding hydrogens is 384 g/mol. The van der Waals surface area contributed by atoms with Crippen LogP contribution in [-0.2, 0) is 19.6 Å². The Bertz CT molecular complexity index is 941. The first-order chi connectivity index (χ1) is 13.2. The molecule has 1 amide bonds. The van der Waals surface area contributed by atoms with Crippen molar-refractivity contribution in [2.45, 2.75) is 31.3 Å². The lowest BCUT2D eigenvalue weighted by Crippen LogP contribution is -2.30. The minimum Gasteiger partial charge on any atom is -0.494 e. The molecule has 2 aromatic rings. The average Bonchev–Trinajstić information content (AvgIpc) is 2.66. The van der Waals surface area contributed by atoms with Crippen LogP contribution in [0.3, 0.4) is 0 Å². The molecule has 0 spiro atoms. The molecule has 0 heterocycles. The summed E-state index contributed by atoms with van der Waals surface area (Å²) in [6, 6.07) is 11.9. The van der Waals surface area contributed by atoms with Gasteiger partial charge in [0.15, 0.2) is 6.10 Å². The van der Waals surface area contributed by atoms with Crippen LogP contribution in [0.25, 0.3) is 0 Å². The average molecular weight is 406 g/mol. The van der Waals surface area contributed by atoms with Gasteiger partial charge in [0.2, 0.25) is 10.0 Å².